The second-order valence-electron chi connectivity index (χ2n) is 5.74. The summed E-state index contributed by atoms with van der Waals surface area (Å²) < 4.78 is 5.08. The van der Waals surface area contributed by atoms with Crippen molar-refractivity contribution in [2.75, 3.05) is 6.61 Å². The number of amides is 1. The molecule has 2 N–H and O–H groups in total. The Bertz CT molecular complexity index is 1020. The molecule has 0 aromatic heterocycles. The minimum atomic E-state index is -1.09. The third-order valence-electron chi connectivity index (χ3n) is 3.72. The maximum atomic E-state index is 12.2. The largest absolute Gasteiger partial charge is 0.480 e. The number of carbonyl (C=O) groups is 2. The van der Waals surface area contributed by atoms with E-state index in [9.17, 15) is 9.59 Å². The van der Waals surface area contributed by atoms with E-state index in [1.54, 1.807) is 36.4 Å². The monoisotopic (exact) mass is 436 g/mol. The third kappa shape index (κ3) is 4.86. The summed E-state index contributed by atoms with van der Waals surface area (Å²) in [6.07, 6.45) is 1.67. The van der Waals surface area contributed by atoms with Crippen molar-refractivity contribution in [1.82, 2.24) is 5.32 Å². The van der Waals surface area contributed by atoms with Crippen molar-refractivity contribution in [3.63, 3.8) is 0 Å². The number of carboxylic acids is 1. The van der Waals surface area contributed by atoms with Gasteiger partial charge in [0.25, 0.3) is 5.91 Å². The van der Waals surface area contributed by atoms with Crippen molar-refractivity contribution in [2.45, 2.75) is 6.92 Å². The maximum absolute atomic E-state index is 12.2. The quantitative estimate of drug-likeness (QED) is 0.665. The SMILES string of the molecule is Cc1c(Cl)cccc1N=C1NC(=O)/C(=C\c2ccc(OCC(=O)O)c(Cl)c2)S1. The number of aliphatic carboxylic acids is 1. The van der Waals surface area contributed by atoms with Gasteiger partial charge in [-0.05, 0) is 60.2 Å². The number of amidine groups is 1. The topological polar surface area (TPSA) is 88.0 Å². The molecule has 0 radical (unpaired) electrons. The van der Waals surface area contributed by atoms with E-state index in [2.05, 4.69) is 10.3 Å². The number of halogens is 2. The summed E-state index contributed by atoms with van der Waals surface area (Å²) in [4.78, 5) is 27.7. The zero-order valence-corrected chi connectivity index (χ0v) is 16.9. The number of carbonyl (C=O) groups excluding carboxylic acids is 1. The molecular weight excluding hydrogens is 423 g/mol. The van der Waals surface area contributed by atoms with E-state index in [-0.39, 0.29) is 16.7 Å². The van der Waals surface area contributed by atoms with Gasteiger partial charge in [-0.1, -0.05) is 35.3 Å². The summed E-state index contributed by atoms with van der Waals surface area (Å²) in [6, 6.07) is 10.2. The fourth-order valence-corrected chi connectivity index (χ4v) is 3.57. The first-order chi connectivity index (χ1) is 13.3. The highest BCUT2D eigenvalue weighted by Crippen LogP contribution is 2.32. The van der Waals surface area contributed by atoms with E-state index >= 15 is 0 Å². The zero-order chi connectivity index (χ0) is 20.3. The van der Waals surface area contributed by atoms with Crippen molar-refractivity contribution in [2.24, 2.45) is 4.99 Å². The first kappa shape index (κ1) is 20.3. The average Bonchev–Trinajstić information content (AvgIpc) is 2.97. The molecule has 9 heteroatoms. The lowest BCUT2D eigenvalue weighted by Crippen LogP contribution is -2.19. The minimum Gasteiger partial charge on any atom is -0.480 e. The number of nitrogens with zero attached hydrogens (tertiary/aromatic N) is 1. The highest BCUT2D eigenvalue weighted by atomic mass is 35.5. The van der Waals surface area contributed by atoms with Gasteiger partial charge in [-0.25, -0.2) is 9.79 Å². The van der Waals surface area contributed by atoms with Crippen molar-refractivity contribution < 1.29 is 19.4 Å². The molecule has 144 valence electrons. The molecule has 0 saturated carbocycles. The Morgan fingerprint density at radius 2 is 2.07 bits per heavy atom. The molecule has 1 fully saturated rings. The standard InChI is InChI=1S/C19H14Cl2N2O4S/c1-10-12(20)3-2-4-14(10)22-19-23-18(26)16(28-19)8-11-5-6-15(13(21)7-11)27-9-17(24)25/h2-8H,9H2,1H3,(H,24,25)(H,22,23,26)/b16-8+. The van der Waals surface area contributed by atoms with E-state index in [0.29, 0.717) is 26.3 Å². The molecule has 0 atom stereocenters. The lowest BCUT2D eigenvalue weighted by Gasteiger charge is -2.06. The van der Waals surface area contributed by atoms with Crippen LogP contribution in [0.4, 0.5) is 5.69 Å². The molecule has 1 amide bonds. The normalized spacial score (nSPS) is 16.5. The van der Waals surface area contributed by atoms with E-state index in [1.807, 2.05) is 13.0 Å². The van der Waals surface area contributed by atoms with Crippen LogP contribution in [0.5, 0.6) is 5.75 Å². The first-order valence-electron chi connectivity index (χ1n) is 8.02. The number of ether oxygens (including phenoxy) is 1. The van der Waals surface area contributed by atoms with E-state index in [4.69, 9.17) is 33.0 Å². The number of thioether (sulfide) groups is 1. The van der Waals surface area contributed by atoms with Crippen LogP contribution in [0.15, 0.2) is 46.3 Å². The lowest BCUT2D eigenvalue weighted by molar-refractivity contribution is -0.139. The van der Waals surface area contributed by atoms with Crippen molar-refractivity contribution in [3.8, 4) is 5.75 Å². The summed E-state index contributed by atoms with van der Waals surface area (Å²) in [5.74, 6) is -1.11. The Hall–Kier alpha value is -2.48. The molecule has 2 aromatic rings. The zero-order valence-electron chi connectivity index (χ0n) is 14.5. The second-order valence-corrected chi connectivity index (χ2v) is 7.58. The van der Waals surface area contributed by atoms with E-state index in [1.165, 1.54) is 11.8 Å². The van der Waals surface area contributed by atoms with Crippen LogP contribution < -0.4 is 10.1 Å². The molecule has 1 aliphatic rings. The summed E-state index contributed by atoms with van der Waals surface area (Å²) in [5, 5.41) is 12.7. The Morgan fingerprint density at radius 1 is 1.29 bits per heavy atom. The van der Waals surface area contributed by atoms with Crippen molar-refractivity contribution in [1.29, 1.82) is 0 Å². The Kier molecular flexibility index (Phi) is 6.28. The average molecular weight is 437 g/mol. The van der Waals surface area contributed by atoms with Crippen LogP contribution in [-0.4, -0.2) is 28.8 Å². The smallest absolute Gasteiger partial charge is 0.341 e. The molecule has 1 saturated heterocycles. The van der Waals surface area contributed by atoms with Crippen molar-refractivity contribution in [3.05, 3.63) is 62.5 Å². The predicted molar refractivity (Wildman–Crippen MR) is 112 cm³/mol. The van der Waals surface area contributed by atoms with Gasteiger partial charge in [0.2, 0.25) is 0 Å². The van der Waals surface area contributed by atoms with Gasteiger partial charge in [0, 0.05) is 5.02 Å². The van der Waals surface area contributed by atoms with E-state index < -0.39 is 12.6 Å². The van der Waals surface area contributed by atoms with Gasteiger partial charge in [0.15, 0.2) is 11.8 Å². The van der Waals surface area contributed by atoms with Gasteiger partial charge >= 0.3 is 5.97 Å². The predicted octanol–water partition coefficient (Wildman–Crippen LogP) is 4.66. The number of carboxylic acid groups (broad SMARTS) is 1. The van der Waals surface area contributed by atoms with Crippen LogP contribution in [0.1, 0.15) is 11.1 Å². The van der Waals surface area contributed by atoms with Crippen LogP contribution in [0.3, 0.4) is 0 Å². The summed E-state index contributed by atoms with van der Waals surface area (Å²) in [5.41, 5.74) is 2.18. The molecule has 1 aliphatic heterocycles. The second kappa shape index (κ2) is 8.68. The van der Waals surface area contributed by atoms with Gasteiger partial charge in [0.05, 0.1) is 15.6 Å². The van der Waals surface area contributed by atoms with Gasteiger partial charge in [-0.15, -0.1) is 0 Å². The fourth-order valence-electron chi connectivity index (χ4n) is 2.32. The Morgan fingerprint density at radius 3 is 2.79 bits per heavy atom. The molecule has 1 heterocycles. The number of benzene rings is 2. The number of nitrogens with one attached hydrogen (secondary N) is 1. The number of hydrogen-bond donors (Lipinski definition) is 2. The molecule has 0 spiro atoms. The van der Waals surface area contributed by atoms with Crippen LogP contribution in [0.2, 0.25) is 10.0 Å². The minimum absolute atomic E-state index is 0.252. The fraction of sp³-hybridized carbons (Fsp3) is 0.105. The Labute approximate surface area is 175 Å². The van der Waals surface area contributed by atoms with Gasteiger partial charge in [-0.2, -0.15) is 0 Å². The molecule has 28 heavy (non-hydrogen) atoms. The summed E-state index contributed by atoms with van der Waals surface area (Å²) in [6.45, 7) is 1.37. The summed E-state index contributed by atoms with van der Waals surface area (Å²) in [7, 11) is 0. The van der Waals surface area contributed by atoms with Gasteiger partial charge < -0.3 is 15.2 Å². The van der Waals surface area contributed by atoms with Crippen LogP contribution in [0.25, 0.3) is 6.08 Å². The number of rotatable bonds is 5. The maximum Gasteiger partial charge on any atom is 0.341 e. The molecule has 0 aliphatic carbocycles. The molecule has 2 aromatic carbocycles. The molecule has 3 rings (SSSR count). The highest BCUT2D eigenvalue weighted by Gasteiger charge is 2.24. The van der Waals surface area contributed by atoms with Gasteiger partial charge in [-0.3, -0.25) is 4.79 Å². The van der Waals surface area contributed by atoms with Crippen molar-refractivity contribution >= 4 is 63.8 Å². The lowest BCUT2D eigenvalue weighted by atomic mass is 10.2. The molecular formula is C19H14Cl2N2O4S. The Balaban J connectivity index is 1.79. The molecule has 0 bridgehead atoms. The number of aliphatic imine (C=N–C) groups is 1. The summed E-state index contributed by atoms with van der Waals surface area (Å²) >= 11 is 13.4. The van der Waals surface area contributed by atoms with Crippen LogP contribution >= 0.6 is 35.0 Å². The first-order valence-corrected chi connectivity index (χ1v) is 9.59. The number of hydrogen-bond acceptors (Lipinski definition) is 5. The molecule has 6 nitrogen and oxygen atoms in total. The van der Waals surface area contributed by atoms with E-state index in [0.717, 1.165) is 5.56 Å². The van der Waals surface area contributed by atoms with Crippen LogP contribution in [-0.2, 0) is 9.59 Å². The highest BCUT2D eigenvalue weighted by molar-refractivity contribution is 8.18. The molecule has 0 unspecified atom stereocenters. The van der Waals surface area contributed by atoms with Gasteiger partial charge in [0.1, 0.15) is 5.75 Å². The van der Waals surface area contributed by atoms with Crippen LogP contribution in [0, 0.1) is 6.92 Å². The third-order valence-corrected chi connectivity index (χ3v) is 5.33.